The minimum Gasteiger partial charge on any atom is -0.462 e. The Hall–Kier alpha value is -4.74. The smallest absolute Gasteiger partial charge is 0.306 e. The van der Waals surface area contributed by atoms with Gasteiger partial charge in [0.1, 0.15) is 6.61 Å². The summed E-state index contributed by atoms with van der Waals surface area (Å²) in [4.78, 5) is 24.7. The monoisotopic (exact) mass is 1270 g/mol. The van der Waals surface area contributed by atoms with E-state index in [1.54, 1.807) is 0 Å². The van der Waals surface area contributed by atoms with E-state index in [4.69, 9.17) is 9.47 Å². The Morgan fingerprint density at radius 2 is 0.435 bits per heavy atom. The van der Waals surface area contributed by atoms with Crippen LogP contribution < -0.4 is 0 Å². The molecule has 0 amide bonds. The van der Waals surface area contributed by atoms with Crippen LogP contribution in [-0.2, 0) is 19.1 Å². The first kappa shape index (κ1) is 87.3. The number of esters is 2. The lowest BCUT2D eigenvalue weighted by molar-refractivity contribution is -0.161. The zero-order valence-corrected chi connectivity index (χ0v) is 60.0. The van der Waals surface area contributed by atoms with Gasteiger partial charge in [-0.1, -0.05) is 377 Å². The molecule has 5 nitrogen and oxygen atoms in total. The molecule has 92 heavy (non-hydrogen) atoms. The number of hydrogen-bond acceptors (Lipinski definition) is 5. The van der Waals surface area contributed by atoms with Gasteiger partial charge in [0.25, 0.3) is 0 Å². The topological polar surface area (TPSA) is 72.8 Å². The molecule has 0 spiro atoms. The van der Waals surface area contributed by atoms with Crippen LogP contribution in [-0.4, -0.2) is 36.4 Å². The molecule has 0 aliphatic carbocycles. The van der Waals surface area contributed by atoms with Gasteiger partial charge in [0, 0.05) is 12.8 Å². The van der Waals surface area contributed by atoms with E-state index in [1.165, 1.54) is 193 Å². The van der Waals surface area contributed by atoms with Crippen molar-refractivity contribution in [2.24, 2.45) is 0 Å². The predicted molar refractivity (Wildman–Crippen MR) is 407 cm³/mol. The number of rotatable bonds is 70. The van der Waals surface area contributed by atoms with Crippen molar-refractivity contribution >= 4 is 11.9 Å². The zero-order chi connectivity index (χ0) is 66.1. The van der Waals surface area contributed by atoms with Crippen LogP contribution in [0.15, 0.2) is 170 Å². The largest absolute Gasteiger partial charge is 0.462 e. The second-order valence-corrected chi connectivity index (χ2v) is 25.3. The van der Waals surface area contributed by atoms with Crippen molar-refractivity contribution in [2.45, 2.75) is 354 Å². The Balaban J connectivity index is 3.47. The number of ether oxygens (including phenoxy) is 2. The maximum absolute atomic E-state index is 12.4. The highest BCUT2D eigenvalue weighted by Gasteiger charge is 2.16. The van der Waals surface area contributed by atoms with Gasteiger partial charge in [-0.25, -0.2) is 0 Å². The fourth-order valence-electron chi connectivity index (χ4n) is 10.8. The molecule has 1 N–H and O–H groups in total. The lowest BCUT2D eigenvalue weighted by Gasteiger charge is -2.15. The molecule has 0 fully saturated rings. The van der Waals surface area contributed by atoms with Crippen molar-refractivity contribution in [1.29, 1.82) is 0 Å². The Morgan fingerprint density at radius 3 is 0.652 bits per heavy atom. The summed E-state index contributed by atoms with van der Waals surface area (Å²) in [6.07, 6.45) is 124. The summed E-state index contributed by atoms with van der Waals surface area (Å²) in [5, 5.41) is 9.73. The molecule has 0 saturated heterocycles. The molecule has 0 aromatic heterocycles. The highest BCUT2D eigenvalue weighted by atomic mass is 16.6. The number of aliphatic hydroxyl groups excluding tert-OH is 1. The van der Waals surface area contributed by atoms with Crippen LogP contribution in [0.25, 0.3) is 0 Å². The third-order valence-electron chi connectivity index (χ3n) is 16.5. The van der Waals surface area contributed by atoms with Gasteiger partial charge in [-0.2, -0.15) is 0 Å². The van der Waals surface area contributed by atoms with Gasteiger partial charge in [0.05, 0.1) is 6.61 Å². The zero-order valence-electron chi connectivity index (χ0n) is 60.0. The summed E-state index contributed by atoms with van der Waals surface area (Å²) in [7, 11) is 0. The van der Waals surface area contributed by atoms with E-state index >= 15 is 0 Å². The Morgan fingerprint density at radius 1 is 0.250 bits per heavy atom. The van der Waals surface area contributed by atoms with Crippen LogP contribution in [0.2, 0.25) is 0 Å². The quantitative estimate of drug-likeness (QED) is 0.0373. The first-order valence-electron chi connectivity index (χ1n) is 38.7. The average molecular weight is 1270 g/mol. The summed E-state index contributed by atoms with van der Waals surface area (Å²) in [5.41, 5.74) is 0. The Kier molecular flexibility index (Phi) is 76.3. The lowest BCUT2D eigenvalue weighted by atomic mass is 10.0. The van der Waals surface area contributed by atoms with E-state index < -0.39 is 6.10 Å². The molecule has 1 atom stereocenters. The SMILES string of the molecule is CC/C=C\C/C=C\C/C=C\C/C=C\C/C=C\C/C=C\C/C=C\CCCCCCCCCCCCCCCCCCCCCC(=O)OC(CO)COC(=O)CCCCCCCCCCCCCCCCC/C=C\C/C=C\C/C=C\C/C=C\C/C=C\C/C=C\C/C=C\CC. The van der Waals surface area contributed by atoms with Crippen molar-refractivity contribution < 1.29 is 24.2 Å². The van der Waals surface area contributed by atoms with E-state index in [-0.39, 0.29) is 25.2 Å². The molecular weight excluding hydrogens is 1120 g/mol. The van der Waals surface area contributed by atoms with Gasteiger partial charge in [-0.3, -0.25) is 9.59 Å². The minimum atomic E-state index is -0.781. The van der Waals surface area contributed by atoms with Crippen molar-refractivity contribution in [3.8, 4) is 0 Å². The number of unbranched alkanes of at least 4 members (excludes halogenated alkanes) is 34. The van der Waals surface area contributed by atoms with Gasteiger partial charge in [0.2, 0.25) is 0 Å². The van der Waals surface area contributed by atoms with Crippen LogP contribution in [0.5, 0.6) is 0 Å². The van der Waals surface area contributed by atoms with Gasteiger partial charge in [-0.05, 0) is 128 Å². The number of allylic oxidation sites excluding steroid dienone is 28. The number of hydrogen-bond donors (Lipinski definition) is 1. The molecule has 0 radical (unpaired) electrons. The van der Waals surface area contributed by atoms with Gasteiger partial charge >= 0.3 is 11.9 Å². The molecule has 522 valence electrons. The average Bonchev–Trinajstić information content (AvgIpc) is 3.64. The molecule has 0 aliphatic heterocycles. The second kappa shape index (κ2) is 80.5. The van der Waals surface area contributed by atoms with Crippen molar-refractivity contribution in [3.05, 3.63) is 170 Å². The number of carbonyl (C=O) groups is 2. The summed E-state index contributed by atoms with van der Waals surface area (Å²) in [6, 6.07) is 0. The lowest BCUT2D eigenvalue weighted by Crippen LogP contribution is -2.28. The molecule has 1 unspecified atom stereocenters. The van der Waals surface area contributed by atoms with Crippen molar-refractivity contribution in [1.82, 2.24) is 0 Å². The fourth-order valence-corrected chi connectivity index (χ4v) is 10.8. The van der Waals surface area contributed by atoms with E-state index in [0.29, 0.717) is 12.8 Å². The third kappa shape index (κ3) is 77.7. The summed E-state index contributed by atoms with van der Waals surface area (Å²) in [5.74, 6) is -0.584. The number of carbonyl (C=O) groups excluding carboxylic acids is 2. The molecule has 0 heterocycles. The van der Waals surface area contributed by atoms with Gasteiger partial charge < -0.3 is 14.6 Å². The molecule has 0 rings (SSSR count). The van der Waals surface area contributed by atoms with E-state index in [0.717, 1.165) is 128 Å². The minimum absolute atomic E-state index is 0.0696. The molecule has 0 aliphatic rings. The second-order valence-electron chi connectivity index (χ2n) is 25.3. The summed E-state index contributed by atoms with van der Waals surface area (Å²) >= 11 is 0. The van der Waals surface area contributed by atoms with E-state index in [2.05, 4.69) is 184 Å². The molecule has 0 bridgehead atoms. The first-order valence-corrected chi connectivity index (χ1v) is 38.7. The molecule has 0 saturated carbocycles. The van der Waals surface area contributed by atoms with E-state index in [1.807, 2.05) is 0 Å². The van der Waals surface area contributed by atoms with Gasteiger partial charge in [-0.15, -0.1) is 0 Å². The van der Waals surface area contributed by atoms with Crippen LogP contribution in [0, 0.1) is 0 Å². The number of aliphatic hydroxyl groups is 1. The summed E-state index contributed by atoms with van der Waals surface area (Å²) in [6.45, 7) is 3.93. The third-order valence-corrected chi connectivity index (χ3v) is 16.5. The first-order chi connectivity index (χ1) is 45.6. The highest BCUT2D eigenvalue weighted by Crippen LogP contribution is 2.18. The van der Waals surface area contributed by atoms with Crippen LogP contribution >= 0.6 is 0 Å². The summed E-state index contributed by atoms with van der Waals surface area (Å²) < 4.78 is 10.8. The predicted octanol–water partition coefficient (Wildman–Crippen LogP) is 27.5. The Bertz CT molecular complexity index is 1980. The fraction of sp³-hybridized carbons (Fsp3) is 0.655. The van der Waals surface area contributed by atoms with Crippen molar-refractivity contribution in [3.63, 3.8) is 0 Å². The normalized spacial score (nSPS) is 13.2. The van der Waals surface area contributed by atoms with Crippen LogP contribution in [0.3, 0.4) is 0 Å². The highest BCUT2D eigenvalue weighted by molar-refractivity contribution is 5.70. The molecular formula is C87H144O5. The van der Waals surface area contributed by atoms with Crippen LogP contribution in [0.4, 0.5) is 0 Å². The maximum Gasteiger partial charge on any atom is 0.306 e. The molecule has 0 aromatic carbocycles. The van der Waals surface area contributed by atoms with Gasteiger partial charge in [0.15, 0.2) is 6.10 Å². The van der Waals surface area contributed by atoms with E-state index in [9.17, 15) is 14.7 Å². The molecule has 5 heteroatoms. The Labute approximate surface area is 570 Å². The van der Waals surface area contributed by atoms with Crippen molar-refractivity contribution in [2.75, 3.05) is 13.2 Å². The maximum atomic E-state index is 12.4. The standard InChI is InChI=1S/C87H144O5/c1-3-5-7-9-11-13-15-17-19-21-23-25-27-29-31-33-35-37-39-41-42-43-44-46-48-50-52-54-56-58-60-62-64-66-68-70-72-74-76-78-80-82-87(90)92-85(83-88)84-91-86(89)81-79-77-75-73-71-69-67-65-63-61-59-57-55-53-51-49-47-45-40-38-36-34-32-30-28-26-24-22-20-18-16-14-12-10-8-6-4-2/h5-8,11-14,17-20,23-26,29-32,35-38,41-42,45,47,85,88H,3-4,9-10,15-16,21-22,27-28,33-34,39-40,43-44,46,48-84H2,1-2H3/b7-5-,8-6-,13-11-,14-12-,19-17-,20-18-,25-23-,26-24-,31-29-,32-30-,37-35-,38-36-,42-41-,47-45-. The van der Waals surface area contributed by atoms with Crippen LogP contribution in [0.1, 0.15) is 348 Å². The molecule has 0 aromatic rings.